The maximum Gasteiger partial charge on any atom is 0.223 e. The van der Waals surface area contributed by atoms with Crippen LogP contribution in [0, 0.1) is 11.8 Å². The van der Waals surface area contributed by atoms with E-state index in [1.54, 1.807) is 0 Å². The van der Waals surface area contributed by atoms with Crippen molar-refractivity contribution in [3.8, 4) is 5.75 Å². The third-order valence-electron chi connectivity index (χ3n) is 7.23. The normalized spacial score (nSPS) is 19.6. The Kier molecular flexibility index (Phi) is 8.30. The summed E-state index contributed by atoms with van der Waals surface area (Å²) in [6.07, 6.45) is 9.18. The topological polar surface area (TPSA) is 41.6 Å². The van der Waals surface area contributed by atoms with Gasteiger partial charge in [-0.05, 0) is 42.4 Å². The highest BCUT2D eigenvalue weighted by atomic mass is 16.5. The second-order valence-electron chi connectivity index (χ2n) is 10.3. The molecule has 1 aliphatic carbocycles. The lowest BCUT2D eigenvalue weighted by Crippen LogP contribution is -2.44. The minimum atomic E-state index is 0.0584. The third-order valence-corrected chi connectivity index (χ3v) is 7.23. The number of rotatable bonds is 5. The number of fused-ring (bicyclic) bond motifs is 2. The molecule has 2 aromatic carbocycles. The summed E-state index contributed by atoms with van der Waals surface area (Å²) in [5.74, 6) is 2.39. The standard InChI is InChI=1S/C29H40N2O2/c1-22(2)18-26-21-33-28-15-9-7-12-24(28)19-30-27-14-8-6-13-25(27)20-31(26)29(32)17-16-23-10-4-3-5-11-23/h6-9,12-15,22-23,26,30H,3-5,10-11,16-21H2,1-2H3/t26-/m0/s1. The number of anilines is 1. The number of nitrogens with zero attached hydrogens (tertiary/aromatic N) is 1. The molecule has 0 radical (unpaired) electrons. The van der Waals surface area contributed by atoms with E-state index in [2.05, 4.69) is 60.5 Å². The van der Waals surface area contributed by atoms with Crippen LogP contribution in [-0.2, 0) is 17.9 Å². The van der Waals surface area contributed by atoms with Crippen LogP contribution in [-0.4, -0.2) is 23.5 Å². The van der Waals surface area contributed by atoms with Gasteiger partial charge in [-0.25, -0.2) is 0 Å². The van der Waals surface area contributed by atoms with Gasteiger partial charge in [0.05, 0.1) is 6.04 Å². The summed E-state index contributed by atoms with van der Waals surface area (Å²) in [7, 11) is 0. The number of para-hydroxylation sites is 2. The first-order chi connectivity index (χ1) is 16.1. The van der Waals surface area contributed by atoms with E-state index in [9.17, 15) is 4.79 Å². The van der Waals surface area contributed by atoms with Gasteiger partial charge in [-0.2, -0.15) is 0 Å². The first-order valence-electron chi connectivity index (χ1n) is 12.9. The van der Waals surface area contributed by atoms with E-state index in [0.717, 1.165) is 29.8 Å². The summed E-state index contributed by atoms with van der Waals surface area (Å²) < 4.78 is 6.37. The molecule has 1 fully saturated rings. The molecular formula is C29H40N2O2. The predicted octanol–water partition coefficient (Wildman–Crippen LogP) is 6.79. The maximum atomic E-state index is 13.7. The Labute approximate surface area is 199 Å². The van der Waals surface area contributed by atoms with Gasteiger partial charge in [0.2, 0.25) is 5.91 Å². The molecule has 0 unspecified atom stereocenters. The Morgan fingerprint density at radius 3 is 2.55 bits per heavy atom. The van der Waals surface area contributed by atoms with E-state index >= 15 is 0 Å². The molecule has 0 bridgehead atoms. The molecule has 1 heterocycles. The fraction of sp³-hybridized carbons (Fsp3) is 0.552. The van der Waals surface area contributed by atoms with Crippen molar-refractivity contribution in [1.29, 1.82) is 0 Å². The highest BCUT2D eigenvalue weighted by Crippen LogP contribution is 2.30. The minimum absolute atomic E-state index is 0.0584. The van der Waals surface area contributed by atoms with Crippen LogP contribution in [0.2, 0.25) is 0 Å². The van der Waals surface area contributed by atoms with Crippen LogP contribution >= 0.6 is 0 Å². The maximum absolute atomic E-state index is 13.7. The van der Waals surface area contributed by atoms with Crippen LogP contribution < -0.4 is 10.1 Å². The number of hydrogen-bond donors (Lipinski definition) is 1. The van der Waals surface area contributed by atoms with E-state index in [4.69, 9.17) is 4.74 Å². The summed E-state index contributed by atoms with van der Waals surface area (Å²) in [6, 6.07) is 16.7. The number of carbonyl (C=O) groups excluding carboxylic acids is 1. The number of carbonyl (C=O) groups is 1. The number of amides is 1. The second-order valence-corrected chi connectivity index (χ2v) is 10.3. The molecule has 2 aliphatic rings. The Bertz CT molecular complexity index is 904. The van der Waals surface area contributed by atoms with Gasteiger partial charge in [-0.15, -0.1) is 0 Å². The lowest BCUT2D eigenvalue weighted by atomic mass is 9.86. The quantitative estimate of drug-likeness (QED) is 0.547. The highest BCUT2D eigenvalue weighted by Gasteiger charge is 2.28. The lowest BCUT2D eigenvalue weighted by Gasteiger charge is -2.34. The van der Waals surface area contributed by atoms with Crippen LogP contribution in [0.25, 0.3) is 0 Å². The molecule has 2 aromatic rings. The molecule has 1 saturated carbocycles. The molecule has 0 spiro atoms. The molecule has 4 rings (SSSR count). The van der Waals surface area contributed by atoms with E-state index < -0.39 is 0 Å². The van der Waals surface area contributed by atoms with Crippen LogP contribution in [0.15, 0.2) is 48.5 Å². The molecule has 4 heteroatoms. The van der Waals surface area contributed by atoms with Gasteiger partial charge in [-0.3, -0.25) is 4.79 Å². The van der Waals surface area contributed by atoms with Gasteiger partial charge in [0, 0.05) is 30.8 Å². The minimum Gasteiger partial charge on any atom is -0.491 e. The van der Waals surface area contributed by atoms with Crippen molar-refractivity contribution in [3.05, 3.63) is 59.7 Å². The first kappa shape index (κ1) is 23.7. The lowest BCUT2D eigenvalue weighted by molar-refractivity contribution is -0.135. The molecule has 4 nitrogen and oxygen atoms in total. The molecule has 178 valence electrons. The average molecular weight is 449 g/mol. The molecule has 0 saturated heterocycles. The monoisotopic (exact) mass is 448 g/mol. The second kappa shape index (κ2) is 11.6. The van der Waals surface area contributed by atoms with Crippen molar-refractivity contribution in [1.82, 2.24) is 4.90 Å². The van der Waals surface area contributed by atoms with Crippen molar-refractivity contribution in [2.75, 3.05) is 11.9 Å². The Hall–Kier alpha value is -2.49. The van der Waals surface area contributed by atoms with Gasteiger partial charge in [-0.1, -0.05) is 82.3 Å². The Morgan fingerprint density at radius 1 is 1.03 bits per heavy atom. The Balaban J connectivity index is 1.61. The zero-order valence-electron chi connectivity index (χ0n) is 20.4. The van der Waals surface area contributed by atoms with Crippen LogP contribution in [0.1, 0.15) is 76.3 Å². The van der Waals surface area contributed by atoms with E-state index in [1.165, 1.54) is 37.7 Å². The van der Waals surface area contributed by atoms with Gasteiger partial charge in [0.1, 0.15) is 12.4 Å². The molecule has 1 atom stereocenters. The number of ether oxygens (including phenoxy) is 1. The fourth-order valence-corrected chi connectivity index (χ4v) is 5.38. The van der Waals surface area contributed by atoms with Gasteiger partial charge in [0.15, 0.2) is 0 Å². The number of nitrogens with one attached hydrogen (secondary N) is 1. The molecular weight excluding hydrogens is 408 g/mol. The molecule has 1 N–H and O–H groups in total. The van der Waals surface area contributed by atoms with Crippen LogP contribution in [0.3, 0.4) is 0 Å². The van der Waals surface area contributed by atoms with Crippen LogP contribution in [0.4, 0.5) is 5.69 Å². The smallest absolute Gasteiger partial charge is 0.223 e. The molecule has 33 heavy (non-hydrogen) atoms. The van der Waals surface area contributed by atoms with Crippen molar-refractivity contribution >= 4 is 11.6 Å². The predicted molar refractivity (Wildman–Crippen MR) is 135 cm³/mol. The zero-order chi connectivity index (χ0) is 23.0. The summed E-state index contributed by atoms with van der Waals surface area (Å²) >= 11 is 0. The van der Waals surface area contributed by atoms with E-state index in [-0.39, 0.29) is 11.9 Å². The van der Waals surface area contributed by atoms with E-state index in [1.807, 2.05) is 12.1 Å². The number of hydrogen-bond acceptors (Lipinski definition) is 3. The highest BCUT2D eigenvalue weighted by molar-refractivity contribution is 5.77. The van der Waals surface area contributed by atoms with Crippen LogP contribution in [0.5, 0.6) is 5.75 Å². The summed E-state index contributed by atoms with van der Waals surface area (Å²) in [4.78, 5) is 15.8. The van der Waals surface area contributed by atoms with Gasteiger partial charge < -0.3 is 15.0 Å². The zero-order valence-corrected chi connectivity index (χ0v) is 20.4. The average Bonchev–Trinajstić information content (AvgIpc) is 2.86. The molecule has 1 aliphatic heterocycles. The number of benzene rings is 2. The van der Waals surface area contributed by atoms with Crippen molar-refractivity contribution in [2.45, 2.75) is 84.3 Å². The van der Waals surface area contributed by atoms with Crippen molar-refractivity contribution in [3.63, 3.8) is 0 Å². The van der Waals surface area contributed by atoms with Crippen molar-refractivity contribution < 1.29 is 9.53 Å². The first-order valence-corrected chi connectivity index (χ1v) is 12.9. The van der Waals surface area contributed by atoms with E-state index in [0.29, 0.717) is 38.0 Å². The summed E-state index contributed by atoms with van der Waals surface area (Å²) in [5, 5.41) is 3.60. The third kappa shape index (κ3) is 6.52. The fourth-order valence-electron chi connectivity index (χ4n) is 5.38. The summed E-state index contributed by atoms with van der Waals surface area (Å²) in [5.41, 5.74) is 3.42. The van der Waals surface area contributed by atoms with Gasteiger partial charge in [0.25, 0.3) is 0 Å². The van der Waals surface area contributed by atoms with Gasteiger partial charge >= 0.3 is 0 Å². The molecule has 1 amide bonds. The summed E-state index contributed by atoms with van der Waals surface area (Å²) in [6.45, 7) is 6.34. The van der Waals surface area contributed by atoms with Crippen molar-refractivity contribution in [2.24, 2.45) is 11.8 Å². The molecule has 0 aromatic heterocycles. The largest absolute Gasteiger partial charge is 0.491 e. The Morgan fingerprint density at radius 2 is 1.76 bits per heavy atom. The SMILES string of the molecule is CC(C)C[C@H]1COc2ccccc2CNc2ccccc2CN1C(=O)CCC1CCCCC1.